The van der Waals surface area contributed by atoms with Crippen LogP contribution in [0, 0.1) is 13.8 Å². The minimum atomic E-state index is 0.994. The number of rotatable bonds is 3. The quantitative estimate of drug-likeness (QED) is 0.393. The molecule has 4 aromatic rings. The first-order valence-electron chi connectivity index (χ1n) is 8.91. The fourth-order valence-corrected chi connectivity index (χ4v) is 3.08. The normalized spacial score (nSPS) is 11.7. The molecular weight excluding hydrogens is 314 g/mol. The molecule has 0 aliphatic heterocycles. The van der Waals surface area contributed by atoms with E-state index in [9.17, 15) is 0 Å². The molecule has 26 heavy (non-hydrogen) atoms. The highest BCUT2D eigenvalue weighted by Crippen LogP contribution is 2.27. The topological polar surface area (TPSA) is 12.9 Å². The van der Waals surface area contributed by atoms with Crippen LogP contribution in [0.2, 0.25) is 0 Å². The smallest absolute Gasteiger partial charge is 0.0715 e. The fourth-order valence-electron chi connectivity index (χ4n) is 3.08. The van der Waals surface area contributed by atoms with Crippen LogP contribution in [0.1, 0.15) is 27.9 Å². The Bertz CT molecular complexity index is 1070. The molecule has 126 valence electrons. The Morgan fingerprint density at radius 2 is 1.35 bits per heavy atom. The first-order valence-corrected chi connectivity index (χ1v) is 8.91. The van der Waals surface area contributed by atoms with Crippen molar-refractivity contribution in [3.63, 3.8) is 0 Å². The second kappa shape index (κ2) is 6.97. The molecule has 0 unspecified atom stereocenters. The molecule has 1 aromatic heterocycles. The number of para-hydroxylation sites is 1. The second-order valence-electron chi connectivity index (χ2n) is 6.72. The van der Waals surface area contributed by atoms with Crippen molar-refractivity contribution in [3.05, 3.63) is 113 Å². The third kappa shape index (κ3) is 3.43. The van der Waals surface area contributed by atoms with E-state index in [1.165, 1.54) is 22.3 Å². The predicted molar refractivity (Wildman–Crippen MR) is 111 cm³/mol. The molecule has 0 atom stereocenters. The van der Waals surface area contributed by atoms with Crippen molar-refractivity contribution in [2.75, 3.05) is 0 Å². The molecule has 0 aliphatic carbocycles. The summed E-state index contributed by atoms with van der Waals surface area (Å²) in [6, 6.07) is 29.8. The van der Waals surface area contributed by atoms with Crippen LogP contribution in [0.25, 0.3) is 22.6 Å². The van der Waals surface area contributed by atoms with Gasteiger partial charge in [0.25, 0.3) is 0 Å². The van der Waals surface area contributed by atoms with Gasteiger partial charge in [0.1, 0.15) is 0 Å². The summed E-state index contributed by atoms with van der Waals surface area (Å²) in [7, 11) is 0. The first kappa shape index (κ1) is 16.3. The van der Waals surface area contributed by atoms with E-state index >= 15 is 0 Å². The van der Waals surface area contributed by atoms with Crippen LogP contribution in [0.15, 0.2) is 84.9 Å². The highest BCUT2D eigenvalue weighted by Gasteiger charge is 2.08. The lowest BCUT2D eigenvalue weighted by Gasteiger charge is -2.10. The highest BCUT2D eigenvalue weighted by molar-refractivity contribution is 5.92. The van der Waals surface area contributed by atoms with Gasteiger partial charge in [-0.15, -0.1) is 0 Å². The van der Waals surface area contributed by atoms with Crippen molar-refractivity contribution in [3.8, 4) is 0 Å². The zero-order valence-electron chi connectivity index (χ0n) is 15.1. The minimum Gasteiger partial charge on any atom is -0.248 e. The second-order valence-corrected chi connectivity index (χ2v) is 6.72. The van der Waals surface area contributed by atoms with E-state index in [0.717, 1.165) is 22.2 Å². The van der Waals surface area contributed by atoms with Gasteiger partial charge in [0.05, 0.1) is 11.2 Å². The Labute approximate surface area is 154 Å². The van der Waals surface area contributed by atoms with Crippen molar-refractivity contribution in [1.82, 2.24) is 4.98 Å². The summed E-state index contributed by atoms with van der Waals surface area (Å²) in [4.78, 5) is 4.92. The molecule has 0 N–H and O–H groups in total. The number of nitrogens with zero attached hydrogens (tertiary/aromatic N) is 1. The van der Waals surface area contributed by atoms with Crippen LogP contribution in [-0.4, -0.2) is 4.98 Å². The largest absolute Gasteiger partial charge is 0.248 e. The summed E-state index contributed by atoms with van der Waals surface area (Å²) in [6.45, 7) is 4.22. The maximum absolute atomic E-state index is 4.92. The number of hydrogen-bond donors (Lipinski definition) is 0. The first-order chi connectivity index (χ1) is 12.7. The zero-order valence-corrected chi connectivity index (χ0v) is 15.1. The Hall–Kier alpha value is -3.19. The SMILES string of the molecule is Cc1ccc(/C=C(\c2ccc(C)cc2)c2ccc3ccccc3n2)cc1. The van der Waals surface area contributed by atoms with Gasteiger partial charge in [0.15, 0.2) is 0 Å². The van der Waals surface area contributed by atoms with Crippen molar-refractivity contribution in [2.24, 2.45) is 0 Å². The molecule has 1 heterocycles. The van der Waals surface area contributed by atoms with Crippen LogP contribution in [-0.2, 0) is 0 Å². The summed E-state index contributed by atoms with van der Waals surface area (Å²) < 4.78 is 0. The lowest BCUT2D eigenvalue weighted by Crippen LogP contribution is -1.93. The van der Waals surface area contributed by atoms with E-state index in [1.807, 2.05) is 12.1 Å². The van der Waals surface area contributed by atoms with Gasteiger partial charge in [0.2, 0.25) is 0 Å². The van der Waals surface area contributed by atoms with Crippen LogP contribution in [0.4, 0.5) is 0 Å². The monoisotopic (exact) mass is 335 g/mol. The maximum Gasteiger partial charge on any atom is 0.0715 e. The number of hydrogen-bond acceptors (Lipinski definition) is 1. The summed E-state index contributed by atoms with van der Waals surface area (Å²) in [6.07, 6.45) is 2.22. The van der Waals surface area contributed by atoms with Crippen LogP contribution < -0.4 is 0 Å². The van der Waals surface area contributed by atoms with Gasteiger partial charge >= 0.3 is 0 Å². The number of benzene rings is 3. The van der Waals surface area contributed by atoms with Gasteiger partial charge in [-0.3, -0.25) is 0 Å². The number of aryl methyl sites for hydroxylation is 2. The van der Waals surface area contributed by atoms with Crippen molar-refractivity contribution >= 4 is 22.6 Å². The van der Waals surface area contributed by atoms with Gasteiger partial charge < -0.3 is 0 Å². The van der Waals surface area contributed by atoms with E-state index < -0.39 is 0 Å². The Morgan fingerprint density at radius 1 is 0.692 bits per heavy atom. The van der Waals surface area contributed by atoms with Crippen molar-refractivity contribution < 1.29 is 0 Å². The molecular formula is C25H21N. The molecule has 0 amide bonds. The van der Waals surface area contributed by atoms with E-state index in [-0.39, 0.29) is 0 Å². The molecule has 0 saturated heterocycles. The van der Waals surface area contributed by atoms with E-state index in [1.54, 1.807) is 0 Å². The van der Waals surface area contributed by atoms with Crippen LogP contribution >= 0.6 is 0 Å². The van der Waals surface area contributed by atoms with Gasteiger partial charge in [-0.1, -0.05) is 83.9 Å². The lowest BCUT2D eigenvalue weighted by atomic mass is 9.97. The molecule has 0 radical (unpaired) electrons. The molecule has 3 aromatic carbocycles. The molecule has 1 heteroatoms. The summed E-state index contributed by atoms with van der Waals surface area (Å²) in [5, 5.41) is 1.16. The van der Waals surface area contributed by atoms with Crippen LogP contribution in [0.5, 0.6) is 0 Å². The highest BCUT2D eigenvalue weighted by atomic mass is 14.7. The number of pyridine rings is 1. The molecule has 0 bridgehead atoms. The summed E-state index contributed by atoms with van der Waals surface area (Å²) in [5.41, 5.74) is 8.04. The number of fused-ring (bicyclic) bond motifs is 1. The van der Waals surface area contributed by atoms with Gasteiger partial charge in [-0.2, -0.15) is 0 Å². The van der Waals surface area contributed by atoms with Crippen molar-refractivity contribution in [1.29, 1.82) is 0 Å². The lowest BCUT2D eigenvalue weighted by molar-refractivity contribution is 1.34. The van der Waals surface area contributed by atoms with E-state index in [2.05, 4.69) is 92.7 Å². The van der Waals surface area contributed by atoms with Crippen LogP contribution in [0.3, 0.4) is 0 Å². The maximum atomic E-state index is 4.92. The zero-order chi connectivity index (χ0) is 17.9. The predicted octanol–water partition coefficient (Wildman–Crippen LogP) is 6.44. The van der Waals surface area contributed by atoms with E-state index in [0.29, 0.717) is 0 Å². The summed E-state index contributed by atoms with van der Waals surface area (Å²) in [5.74, 6) is 0. The average Bonchev–Trinajstić information content (AvgIpc) is 2.68. The Kier molecular flexibility index (Phi) is 4.37. The summed E-state index contributed by atoms with van der Waals surface area (Å²) >= 11 is 0. The minimum absolute atomic E-state index is 0.994. The van der Waals surface area contributed by atoms with Gasteiger partial charge in [-0.05, 0) is 43.2 Å². The molecule has 0 spiro atoms. The molecule has 4 rings (SSSR count). The fraction of sp³-hybridized carbons (Fsp3) is 0.0800. The molecule has 0 saturated carbocycles. The number of aromatic nitrogens is 1. The molecule has 1 nitrogen and oxygen atoms in total. The van der Waals surface area contributed by atoms with E-state index in [4.69, 9.17) is 4.98 Å². The third-order valence-corrected chi connectivity index (χ3v) is 4.63. The Morgan fingerprint density at radius 3 is 2.08 bits per heavy atom. The average molecular weight is 335 g/mol. The third-order valence-electron chi connectivity index (χ3n) is 4.63. The molecule has 0 fully saturated rings. The molecule has 0 aliphatic rings. The Balaban J connectivity index is 1.88. The van der Waals surface area contributed by atoms with Crippen molar-refractivity contribution in [2.45, 2.75) is 13.8 Å². The van der Waals surface area contributed by atoms with Gasteiger partial charge in [-0.25, -0.2) is 4.98 Å². The van der Waals surface area contributed by atoms with Gasteiger partial charge in [0, 0.05) is 11.0 Å². The standard InChI is InChI=1S/C25H21N/c1-18-7-11-20(12-8-18)17-23(21-13-9-19(2)10-14-21)25-16-15-22-5-3-4-6-24(22)26-25/h3-17H,1-2H3/b23-17+.